The quantitative estimate of drug-likeness (QED) is 0.820. The zero-order chi connectivity index (χ0) is 11.9. The molecule has 0 aromatic carbocycles. The maximum Gasteiger partial charge on any atom is 0.140 e. The van der Waals surface area contributed by atoms with Crippen LogP contribution in [0.1, 0.15) is 36.3 Å². The number of fused-ring (bicyclic) bond motifs is 1. The molecule has 92 valence electrons. The van der Waals surface area contributed by atoms with Crippen molar-refractivity contribution in [1.82, 2.24) is 9.97 Å². The normalized spacial score (nSPS) is 21.7. The Bertz CT molecular complexity index is 488. The fourth-order valence-corrected chi connectivity index (χ4v) is 2.78. The molecule has 1 aromatic rings. The molecule has 0 unspecified atom stereocenters. The number of hydrogen-bond acceptors (Lipinski definition) is 4. The largest absolute Gasteiger partial charge is 0.376 e. The van der Waals surface area contributed by atoms with Crippen molar-refractivity contribution in [2.45, 2.75) is 37.9 Å². The highest BCUT2D eigenvalue weighted by Gasteiger charge is 2.41. The molecule has 2 heterocycles. The van der Waals surface area contributed by atoms with Gasteiger partial charge in [0.1, 0.15) is 16.1 Å². The van der Waals surface area contributed by atoms with Crippen LogP contribution >= 0.6 is 12.2 Å². The van der Waals surface area contributed by atoms with Crippen LogP contribution in [-0.4, -0.2) is 23.7 Å². The summed E-state index contributed by atoms with van der Waals surface area (Å²) in [6.45, 7) is 1.33. The number of nitrogens with zero attached hydrogens (tertiary/aromatic N) is 1. The minimum Gasteiger partial charge on any atom is -0.376 e. The van der Waals surface area contributed by atoms with E-state index in [9.17, 15) is 0 Å². The molecule has 0 radical (unpaired) electrons. The number of ether oxygens (including phenoxy) is 2. The lowest BCUT2D eigenvalue weighted by Gasteiger charge is -2.39. The lowest BCUT2D eigenvalue weighted by atomic mass is 9.79. The first-order valence-corrected chi connectivity index (χ1v) is 6.41. The molecule has 0 saturated heterocycles. The van der Waals surface area contributed by atoms with Crippen molar-refractivity contribution >= 4 is 12.2 Å². The molecule has 1 aliphatic heterocycles. The number of aromatic nitrogens is 2. The summed E-state index contributed by atoms with van der Waals surface area (Å²) in [5.74, 6) is 0.900. The van der Waals surface area contributed by atoms with Gasteiger partial charge in [-0.05, 0) is 19.3 Å². The Morgan fingerprint density at radius 3 is 2.94 bits per heavy atom. The third-order valence-corrected chi connectivity index (χ3v) is 4.17. The number of methoxy groups -OCH3 is 1. The molecule has 1 saturated carbocycles. The van der Waals surface area contributed by atoms with Crippen molar-refractivity contribution in [1.29, 1.82) is 0 Å². The predicted molar refractivity (Wildman–Crippen MR) is 65.3 cm³/mol. The number of rotatable bonds is 2. The van der Waals surface area contributed by atoms with Gasteiger partial charge in [-0.1, -0.05) is 12.2 Å². The monoisotopic (exact) mass is 252 g/mol. The van der Waals surface area contributed by atoms with Crippen LogP contribution in [0, 0.1) is 4.64 Å². The van der Waals surface area contributed by atoms with Crippen molar-refractivity contribution < 1.29 is 9.47 Å². The summed E-state index contributed by atoms with van der Waals surface area (Å²) in [6, 6.07) is 0. The van der Waals surface area contributed by atoms with E-state index in [4.69, 9.17) is 21.7 Å². The molecular weight excluding hydrogens is 236 g/mol. The maximum atomic E-state index is 5.63. The van der Waals surface area contributed by atoms with Gasteiger partial charge in [0.15, 0.2) is 0 Å². The Kier molecular flexibility index (Phi) is 2.77. The van der Waals surface area contributed by atoms with Crippen molar-refractivity contribution in [3.63, 3.8) is 0 Å². The molecule has 0 bridgehead atoms. The Morgan fingerprint density at radius 1 is 1.47 bits per heavy atom. The summed E-state index contributed by atoms with van der Waals surface area (Å²) in [6.07, 6.45) is 4.12. The highest BCUT2D eigenvalue weighted by atomic mass is 32.1. The molecule has 1 N–H and O–H groups in total. The topological polar surface area (TPSA) is 47.1 Å². The first-order chi connectivity index (χ1) is 8.25. The molecule has 17 heavy (non-hydrogen) atoms. The summed E-state index contributed by atoms with van der Waals surface area (Å²) in [7, 11) is 1.75. The van der Waals surface area contributed by atoms with Crippen molar-refractivity contribution in [3.8, 4) is 0 Å². The molecular formula is C12H16N2O2S. The lowest BCUT2D eigenvalue weighted by Crippen LogP contribution is -2.38. The average Bonchev–Trinajstić information content (AvgIpc) is 2.28. The van der Waals surface area contributed by atoms with Crippen LogP contribution in [0.2, 0.25) is 0 Å². The predicted octanol–water partition coefficient (Wildman–Crippen LogP) is 2.24. The number of nitrogens with one attached hydrogen (secondary N) is 1. The van der Waals surface area contributed by atoms with Crippen LogP contribution in [0.4, 0.5) is 0 Å². The highest BCUT2D eigenvalue weighted by molar-refractivity contribution is 7.71. The van der Waals surface area contributed by atoms with Gasteiger partial charge in [-0.25, -0.2) is 4.98 Å². The minimum atomic E-state index is -0.221. The van der Waals surface area contributed by atoms with E-state index in [0.29, 0.717) is 11.2 Å². The Morgan fingerprint density at radius 2 is 2.29 bits per heavy atom. The van der Waals surface area contributed by atoms with Gasteiger partial charge in [0.05, 0.1) is 13.2 Å². The van der Waals surface area contributed by atoms with Crippen LogP contribution in [0.25, 0.3) is 0 Å². The second-order valence-electron chi connectivity index (χ2n) is 4.70. The molecule has 0 amide bonds. The summed E-state index contributed by atoms with van der Waals surface area (Å²) < 4.78 is 11.7. The Balaban J connectivity index is 2.07. The second-order valence-corrected chi connectivity index (χ2v) is 5.09. The summed E-state index contributed by atoms with van der Waals surface area (Å²) >= 11 is 5.35. The smallest absolute Gasteiger partial charge is 0.140 e. The van der Waals surface area contributed by atoms with Gasteiger partial charge in [-0.15, -0.1) is 0 Å². The van der Waals surface area contributed by atoms with Crippen LogP contribution in [0.5, 0.6) is 0 Å². The van der Waals surface area contributed by atoms with E-state index in [1.165, 1.54) is 12.1 Å². The van der Waals surface area contributed by atoms with Gasteiger partial charge < -0.3 is 14.5 Å². The fourth-order valence-electron chi connectivity index (χ4n) is 2.51. The van der Waals surface area contributed by atoms with Gasteiger partial charge in [-0.3, -0.25) is 0 Å². The molecule has 4 nitrogen and oxygen atoms in total. The third kappa shape index (κ3) is 1.73. The molecule has 5 heteroatoms. The maximum absolute atomic E-state index is 5.63. The molecule has 0 spiro atoms. The van der Waals surface area contributed by atoms with Gasteiger partial charge >= 0.3 is 0 Å². The van der Waals surface area contributed by atoms with Crippen LogP contribution in [-0.2, 0) is 28.1 Å². The third-order valence-electron chi connectivity index (χ3n) is 3.83. The molecule has 1 aromatic heterocycles. The molecule has 1 fully saturated rings. The standard InChI is InChI=1S/C12H16N2O2S/c1-15-12(4-2-5-12)11-13-9-3-6-16-7-8(9)10(17)14-11/h2-7H2,1H3,(H,13,14,17). The highest BCUT2D eigenvalue weighted by Crippen LogP contribution is 2.42. The number of aromatic amines is 1. The van der Waals surface area contributed by atoms with Crippen molar-refractivity contribution in [2.24, 2.45) is 0 Å². The van der Waals surface area contributed by atoms with Gasteiger partial charge in [0.25, 0.3) is 0 Å². The van der Waals surface area contributed by atoms with Crippen molar-refractivity contribution in [2.75, 3.05) is 13.7 Å². The lowest BCUT2D eigenvalue weighted by molar-refractivity contribution is -0.0850. The average molecular weight is 252 g/mol. The summed E-state index contributed by atoms with van der Waals surface area (Å²) in [5.41, 5.74) is 2.00. The van der Waals surface area contributed by atoms with Gasteiger partial charge in [-0.2, -0.15) is 0 Å². The van der Waals surface area contributed by atoms with E-state index >= 15 is 0 Å². The first-order valence-electron chi connectivity index (χ1n) is 6.01. The van der Waals surface area contributed by atoms with E-state index in [1.807, 2.05) is 0 Å². The van der Waals surface area contributed by atoms with E-state index in [-0.39, 0.29) is 5.60 Å². The molecule has 2 aliphatic rings. The van der Waals surface area contributed by atoms with Gasteiger partial charge in [0, 0.05) is 24.8 Å². The SMILES string of the molecule is COC1(c2nc(=S)c3c([nH]2)CCOC3)CCC1. The molecule has 1 aliphatic carbocycles. The van der Waals surface area contributed by atoms with Crippen LogP contribution in [0.3, 0.4) is 0 Å². The zero-order valence-electron chi connectivity index (χ0n) is 9.91. The van der Waals surface area contributed by atoms with E-state index in [0.717, 1.165) is 37.3 Å². The molecule has 0 atom stereocenters. The van der Waals surface area contributed by atoms with Crippen molar-refractivity contribution in [3.05, 3.63) is 21.7 Å². The Hall–Kier alpha value is -0.780. The number of H-pyrrole nitrogens is 1. The number of hydrogen-bond donors (Lipinski definition) is 1. The molecule has 3 rings (SSSR count). The zero-order valence-corrected chi connectivity index (χ0v) is 10.7. The Labute approximate surface area is 105 Å². The first kappa shape index (κ1) is 11.3. The van der Waals surface area contributed by atoms with Crippen LogP contribution in [0.15, 0.2) is 0 Å². The summed E-state index contributed by atoms with van der Waals surface area (Å²) in [5, 5.41) is 0. The fraction of sp³-hybridized carbons (Fsp3) is 0.667. The van der Waals surface area contributed by atoms with Crippen LogP contribution < -0.4 is 0 Å². The van der Waals surface area contributed by atoms with E-state index in [1.54, 1.807) is 7.11 Å². The van der Waals surface area contributed by atoms with Gasteiger partial charge in [0.2, 0.25) is 0 Å². The minimum absolute atomic E-state index is 0.221. The second kappa shape index (κ2) is 4.15. The van der Waals surface area contributed by atoms with E-state index < -0.39 is 0 Å². The summed E-state index contributed by atoms with van der Waals surface area (Å²) in [4.78, 5) is 7.92. The van der Waals surface area contributed by atoms with E-state index in [2.05, 4.69) is 9.97 Å².